The summed E-state index contributed by atoms with van der Waals surface area (Å²) in [5, 5.41) is 0.266. The smallest absolute Gasteiger partial charge is 0.254 e. The lowest BCUT2D eigenvalue weighted by atomic mass is 10.0. The van der Waals surface area contributed by atoms with E-state index >= 15 is 0 Å². The number of rotatable bonds is 3. The highest BCUT2D eigenvalue weighted by Crippen LogP contribution is 2.20. The summed E-state index contributed by atoms with van der Waals surface area (Å²) in [5.41, 5.74) is 0. The summed E-state index contributed by atoms with van der Waals surface area (Å²) in [6.07, 6.45) is 1.96. The lowest BCUT2D eigenvalue weighted by Crippen LogP contribution is -2.42. The van der Waals surface area contributed by atoms with Crippen molar-refractivity contribution in [3.63, 3.8) is 0 Å². The lowest BCUT2D eigenvalue weighted by Gasteiger charge is -2.29. The summed E-state index contributed by atoms with van der Waals surface area (Å²) in [7, 11) is -3.52. The van der Waals surface area contributed by atoms with Gasteiger partial charge >= 0.3 is 10.2 Å². The Morgan fingerprint density at radius 2 is 2.28 bits per heavy atom. The zero-order chi connectivity index (χ0) is 13.2. The second-order valence-electron chi connectivity index (χ2n) is 4.56. The molecular formula is C11H16ClN3O2S. The van der Waals surface area contributed by atoms with Crippen LogP contribution in [-0.4, -0.2) is 30.8 Å². The number of nitrogens with zero attached hydrogens (tertiary/aromatic N) is 2. The van der Waals surface area contributed by atoms with Crippen molar-refractivity contribution in [3.05, 3.63) is 23.4 Å². The van der Waals surface area contributed by atoms with Crippen LogP contribution in [0.2, 0.25) is 5.15 Å². The molecule has 5 nitrogen and oxygen atoms in total. The molecule has 2 rings (SSSR count). The maximum atomic E-state index is 12.1. The van der Waals surface area contributed by atoms with Crippen molar-refractivity contribution >= 4 is 27.6 Å². The van der Waals surface area contributed by atoms with E-state index in [1.165, 1.54) is 4.31 Å². The Labute approximate surface area is 112 Å². The molecule has 1 N–H and O–H groups in total. The standard InChI is InChI=1S/C11H16ClN3O2S/c1-9-4-3-7-15(8-9)18(16,17)14-11-6-2-5-10(12)13-11/h2,5-6,9H,3-4,7-8H2,1H3,(H,13,14). The Morgan fingerprint density at radius 3 is 2.94 bits per heavy atom. The number of pyridine rings is 1. The van der Waals surface area contributed by atoms with Gasteiger partial charge < -0.3 is 0 Å². The molecule has 0 aliphatic carbocycles. The molecule has 1 aliphatic heterocycles. The molecule has 1 fully saturated rings. The fourth-order valence-corrected chi connectivity index (χ4v) is 3.52. The third kappa shape index (κ3) is 3.34. The van der Waals surface area contributed by atoms with Gasteiger partial charge in [-0.1, -0.05) is 24.6 Å². The highest BCUT2D eigenvalue weighted by atomic mass is 35.5. The second kappa shape index (κ2) is 5.42. The van der Waals surface area contributed by atoms with Crippen molar-refractivity contribution < 1.29 is 8.42 Å². The molecule has 2 heterocycles. The van der Waals surface area contributed by atoms with Crippen LogP contribution in [0.4, 0.5) is 5.82 Å². The van der Waals surface area contributed by atoms with Crippen LogP contribution in [-0.2, 0) is 10.2 Å². The fourth-order valence-electron chi connectivity index (χ4n) is 2.03. The lowest BCUT2D eigenvalue weighted by molar-refractivity contribution is 0.282. The van der Waals surface area contributed by atoms with Crippen LogP contribution in [0.25, 0.3) is 0 Å². The second-order valence-corrected chi connectivity index (χ2v) is 6.62. The largest absolute Gasteiger partial charge is 0.302 e. The van der Waals surface area contributed by atoms with Crippen LogP contribution in [0, 0.1) is 5.92 Å². The van der Waals surface area contributed by atoms with Crippen LogP contribution >= 0.6 is 11.6 Å². The van der Waals surface area contributed by atoms with Crippen molar-refractivity contribution in [2.24, 2.45) is 5.92 Å². The summed E-state index contributed by atoms with van der Waals surface area (Å²) < 4.78 is 28.2. The predicted octanol–water partition coefficient (Wildman–Crippen LogP) is 2.12. The van der Waals surface area contributed by atoms with E-state index in [4.69, 9.17) is 11.6 Å². The molecule has 1 atom stereocenters. The van der Waals surface area contributed by atoms with E-state index in [2.05, 4.69) is 16.6 Å². The van der Waals surface area contributed by atoms with Gasteiger partial charge in [-0.2, -0.15) is 12.7 Å². The first-order valence-corrected chi connectivity index (χ1v) is 7.69. The van der Waals surface area contributed by atoms with Crippen molar-refractivity contribution in [2.45, 2.75) is 19.8 Å². The van der Waals surface area contributed by atoms with Gasteiger partial charge in [-0.15, -0.1) is 0 Å². The van der Waals surface area contributed by atoms with Crippen LogP contribution in [0.1, 0.15) is 19.8 Å². The third-order valence-corrected chi connectivity index (χ3v) is 4.60. The quantitative estimate of drug-likeness (QED) is 0.867. The zero-order valence-electron chi connectivity index (χ0n) is 10.1. The third-order valence-electron chi connectivity index (χ3n) is 2.91. The average Bonchev–Trinajstić information content (AvgIpc) is 2.28. The first-order chi connectivity index (χ1) is 8.47. The van der Waals surface area contributed by atoms with Crippen molar-refractivity contribution in [3.8, 4) is 0 Å². The minimum atomic E-state index is -3.52. The molecule has 18 heavy (non-hydrogen) atoms. The number of hydrogen-bond donors (Lipinski definition) is 1. The van der Waals surface area contributed by atoms with Gasteiger partial charge in [-0.25, -0.2) is 4.98 Å². The minimum absolute atomic E-state index is 0.251. The number of piperidine rings is 1. The van der Waals surface area contributed by atoms with Gasteiger partial charge in [0.25, 0.3) is 0 Å². The molecule has 0 saturated carbocycles. The molecule has 1 saturated heterocycles. The topological polar surface area (TPSA) is 62.3 Å². The summed E-state index contributed by atoms with van der Waals surface area (Å²) in [4.78, 5) is 3.92. The monoisotopic (exact) mass is 289 g/mol. The molecule has 0 bridgehead atoms. The van der Waals surface area contributed by atoms with Gasteiger partial charge in [-0.3, -0.25) is 4.72 Å². The van der Waals surface area contributed by atoms with Crippen LogP contribution in [0.15, 0.2) is 18.2 Å². The molecule has 1 aliphatic rings. The first-order valence-electron chi connectivity index (χ1n) is 5.88. The number of halogens is 1. The summed E-state index contributed by atoms with van der Waals surface area (Å²) in [5.74, 6) is 0.642. The predicted molar refractivity (Wildman–Crippen MR) is 71.8 cm³/mol. The molecular weight excluding hydrogens is 274 g/mol. The van der Waals surface area contributed by atoms with Crippen molar-refractivity contribution in [1.29, 1.82) is 0 Å². The Morgan fingerprint density at radius 1 is 1.50 bits per heavy atom. The number of aromatic nitrogens is 1. The van der Waals surface area contributed by atoms with Crippen molar-refractivity contribution in [1.82, 2.24) is 9.29 Å². The van der Waals surface area contributed by atoms with Crippen LogP contribution < -0.4 is 4.72 Å². The van der Waals surface area contributed by atoms with Gasteiger partial charge in [0, 0.05) is 13.1 Å². The van der Waals surface area contributed by atoms with E-state index in [0.29, 0.717) is 19.0 Å². The van der Waals surface area contributed by atoms with Gasteiger partial charge in [-0.05, 0) is 30.9 Å². The summed E-state index contributed by atoms with van der Waals surface area (Å²) in [6.45, 7) is 3.16. The molecule has 0 spiro atoms. The SMILES string of the molecule is CC1CCCN(S(=O)(=O)Nc2cccc(Cl)n2)C1. The van der Waals surface area contributed by atoms with Crippen molar-refractivity contribution in [2.75, 3.05) is 17.8 Å². The van der Waals surface area contributed by atoms with Gasteiger partial charge in [0.15, 0.2) is 0 Å². The number of hydrogen-bond acceptors (Lipinski definition) is 3. The normalized spacial score (nSPS) is 21.8. The Kier molecular flexibility index (Phi) is 4.09. The molecule has 1 aromatic heterocycles. The summed E-state index contributed by atoms with van der Waals surface area (Å²) >= 11 is 5.72. The molecule has 1 aromatic rings. The maximum Gasteiger partial charge on any atom is 0.302 e. The fraction of sp³-hybridized carbons (Fsp3) is 0.545. The van der Waals surface area contributed by atoms with Gasteiger partial charge in [0.1, 0.15) is 11.0 Å². The highest BCUT2D eigenvalue weighted by Gasteiger charge is 2.27. The van der Waals surface area contributed by atoms with Crippen LogP contribution in [0.5, 0.6) is 0 Å². The van der Waals surface area contributed by atoms with E-state index in [-0.39, 0.29) is 11.0 Å². The molecule has 0 aromatic carbocycles. The minimum Gasteiger partial charge on any atom is -0.254 e. The average molecular weight is 290 g/mol. The van der Waals surface area contributed by atoms with Gasteiger partial charge in [0.05, 0.1) is 0 Å². The van der Waals surface area contributed by atoms with E-state index in [9.17, 15) is 8.42 Å². The molecule has 1 unspecified atom stereocenters. The molecule has 0 amide bonds. The first kappa shape index (κ1) is 13.6. The Balaban J connectivity index is 2.11. The molecule has 0 radical (unpaired) electrons. The number of anilines is 1. The maximum absolute atomic E-state index is 12.1. The van der Waals surface area contributed by atoms with Gasteiger partial charge in [0.2, 0.25) is 0 Å². The Hall–Kier alpha value is -0.850. The Bertz CT molecular complexity index is 521. The van der Waals surface area contributed by atoms with E-state index < -0.39 is 10.2 Å². The summed E-state index contributed by atoms with van der Waals surface area (Å²) in [6, 6.07) is 4.84. The van der Waals surface area contributed by atoms with E-state index in [1.807, 2.05) is 0 Å². The van der Waals surface area contributed by atoms with Crippen LogP contribution in [0.3, 0.4) is 0 Å². The number of nitrogens with one attached hydrogen (secondary N) is 1. The highest BCUT2D eigenvalue weighted by molar-refractivity contribution is 7.90. The zero-order valence-corrected chi connectivity index (χ0v) is 11.7. The molecule has 100 valence electrons. The van der Waals surface area contributed by atoms with E-state index in [0.717, 1.165) is 12.8 Å². The van der Waals surface area contributed by atoms with E-state index in [1.54, 1.807) is 18.2 Å². The molecule has 7 heteroatoms.